The second-order valence-corrected chi connectivity index (χ2v) is 12.0. The van der Waals surface area contributed by atoms with Crippen LogP contribution < -0.4 is 0 Å². The van der Waals surface area contributed by atoms with Gasteiger partial charge in [-0.05, 0) is 105 Å². The number of carbonyl (C=O) groups is 2. The Bertz CT molecular complexity index is 1550. The normalized spacial score (nSPS) is 16.7. The van der Waals surface area contributed by atoms with Crippen molar-refractivity contribution in [3.8, 4) is 0 Å². The first-order valence-electron chi connectivity index (χ1n) is 15.3. The highest BCUT2D eigenvalue weighted by molar-refractivity contribution is 6.30. The molecule has 0 aliphatic carbocycles. The number of ketones is 1. The van der Waals surface area contributed by atoms with Gasteiger partial charge in [0.15, 0.2) is 5.78 Å². The Kier molecular flexibility index (Phi) is 10.7. The van der Waals surface area contributed by atoms with E-state index < -0.39 is 5.60 Å². The topological polar surface area (TPSA) is 86.6 Å². The lowest BCUT2D eigenvalue weighted by Crippen LogP contribution is -2.42. The SMILES string of the molecule is O=C(CCCN1CCC(O)(c2ccc(Cl)cc2)CC1)c1ccc(F)cc1.O=C(c1ccc2nccnc2c1)N1CCCCC1. The molecule has 0 saturated carbocycles. The molecule has 1 aromatic heterocycles. The van der Waals surface area contributed by atoms with Gasteiger partial charge in [0, 0.05) is 61.1 Å². The van der Waals surface area contributed by atoms with Crippen LogP contribution in [0.2, 0.25) is 5.02 Å². The van der Waals surface area contributed by atoms with Crippen molar-refractivity contribution < 1.29 is 19.1 Å². The summed E-state index contributed by atoms with van der Waals surface area (Å²) in [6, 6.07) is 18.6. The van der Waals surface area contributed by atoms with Gasteiger partial charge in [-0.15, -0.1) is 0 Å². The lowest BCUT2D eigenvalue weighted by Gasteiger charge is -2.38. The van der Waals surface area contributed by atoms with Crippen LogP contribution in [0.25, 0.3) is 11.0 Å². The van der Waals surface area contributed by atoms with E-state index in [0.29, 0.717) is 35.4 Å². The Morgan fingerprint density at radius 1 is 0.818 bits per heavy atom. The summed E-state index contributed by atoms with van der Waals surface area (Å²) in [7, 11) is 0. The molecule has 4 aromatic rings. The van der Waals surface area contributed by atoms with Crippen LogP contribution >= 0.6 is 11.6 Å². The van der Waals surface area contributed by atoms with Crippen LogP contribution in [0.4, 0.5) is 4.39 Å². The Morgan fingerprint density at radius 2 is 1.45 bits per heavy atom. The molecule has 0 unspecified atom stereocenters. The smallest absolute Gasteiger partial charge is 0.253 e. The maximum absolute atomic E-state index is 12.9. The Hall–Kier alpha value is -3.72. The van der Waals surface area contributed by atoms with Crippen molar-refractivity contribution in [1.82, 2.24) is 19.8 Å². The van der Waals surface area contributed by atoms with E-state index in [4.69, 9.17) is 11.6 Å². The average molecular weight is 617 g/mol. The molecule has 2 aliphatic heterocycles. The fourth-order valence-corrected chi connectivity index (χ4v) is 5.94. The minimum Gasteiger partial charge on any atom is -0.385 e. The third-order valence-electron chi connectivity index (χ3n) is 8.47. The number of Topliss-reactive ketones (excluding diaryl/α,β-unsaturated/α-hetero) is 1. The van der Waals surface area contributed by atoms with E-state index in [1.165, 1.54) is 30.7 Å². The summed E-state index contributed by atoms with van der Waals surface area (Å²) in [4.78, 5) is 37.1. The third kappa shape index (κ3) is 8.25. The first kappa shape index (κ1) is 31.7. The van der Waals surface area contributed by atoms with Gasteiger partial charge in [-0.3, -0.25) is 19.6 Å². The van der Waals surface area contributed by atoms with Gasteiger partial charge in [0.1, 0.15) is 5.82 Å². The summed E-state index contributed by atoms with van der Waals surface area (Å²) in [5.74, 6) is -0.176. The number of fused-ring (bicyclic) bond motifs is 1. The minimum atomic E-state index is -0.801. The molecule has 0 bridgehead atoms. The molecule has 9 heteroatoms. The van der Waals surface area contributed by atoms with E-state index in [9.17, 15) is 19.1 Å². The number of piperidine rings is 2. The first-order chi connectivity index (χ1) is 21.3. The quantitative estimate of drug-likeness (QED) is 0.233. The van der Waals surface area contributed by atoms with Crippen LogP contribution in [0.5, 0.6) is 0 Å². The number of likely N-dealkylation sites (tertiary alicyclic amines) is 2. The summed E-state index contributed by atoms with van der Waals surface area (Å²) in [6.45, 7) is 4.16. The van der Waals surface area contributed by atoms with Crippen LogP contribution in [-0.4, -0.2) is 69.3 Å². The Balaban J connectivity index is 0.000000186. The number of nitrogens with zero attached hydrogens (tertiary/aromatic N) is 4. The summed E-state index contributed by atoms with van der Waals surface area (Å²) in [6.07, 6.45) is 9.30. The van der Waals surface area contributed by atoms with Crippen LogP contribution in [0, 0.1) is 5.82 Å². The van der Waals surface area contributed by atoms with E-state index >= 15 is 0 Å². The molecule has 7 nitrogen and oxygen atoms in total. The largest absolute Gasteiger partial charge is 0.385 e. The summed E-state index contributed by atoms with van der Waals surface area (Å²) in [5.41, 5.74) is 2.98. The van der Waals surface area contributed by atoms with E-state index in [1.807, 2.05) is 47.4 Å². The van der Waals surface area contributed by atoms with Gasteiger partial charge in [-0.1, -0.05) is 23.7 Å². The molecule has 2 aliphatic rings. The predicted molar refractivity (Wildman–Crippen MR) is 170 cm³/mol. The van der Waals surface area contributed by atoms with Gasteiger partial charge in [-0.2, -0.15) is 0 Å². The van der Waals surface area contributed by atoms with Gasteiger partial charge in [0.05, 0.1) is 16.6 Å². The van der Waals surface area contributed by atoms with Crippen LogP contribution in [-0.2, 0) is 5.60 Å². The second-order valence-electron chi connectivity index (χ2n) is 11.5. The molecule has 44 heavy (non-hydrogen) atoms. The number of rotatable bonds is 7. The number of amides is 1. The van der Waals surface area contributed by atoms with Crippen molar-refractivity contribution in [3.05, 3.63) is 107 Å². The number of halogens is 2. The summed E-state index contributed by atoms with van der Waals surface area (Å²) < 4.78 is 12.9. The highest BCUT2D eigenvalue weighted by Gasteiger charge is 2.33. The molecule has 230 valence electrons. The van der Waals surface area contributed by atoms with Crippen molar-refractivity contribution in [3.63, 3.8) is 0 Å². The molecule has 0 atom stereocenters. The van der Waals surface area contributed by atoms with Crippen LogP contribution in [0.3, 0.4) is 0 Å². The van der Waals surface area contributed by atoms with Crippen LogP contribution in [0.1, 0.15) is 71.2 Å². The lowest BCUT2D eigenvalue weighted by molar-refractivity contribution is -0.0260. The maximum Gasteiger partial charge on any atom is 0.253 e. The molecule has 2 saturated heterocycles. The summed E-state index contributed by atoms with van der Waals surface area (Å²) in [5, 5.41) is 11.5. The third-order valence-corrected chi connectivity index (χ3v) is 8.72. The molecular formula is C35H38ClFN4O3. The number of aromatic nitrogens is 2. The zero-order valence-corrected chi connectivity index (χ0v) is 25.6. The Labute approximate surface area is 262 Å². The van der Waals surface area contributed by atoms with Crippen LogP contribution in [0.15, 0.2) is 79.1 Å². The minimum absolute atomic E-state index is 0.0414. The fraction of sp³-hybridized carbons (Fsp3) is 0.371. The highest BCUT2D eigenvalue weighted by atomic mass is 35.5. The van der Waals surface area contributed by atoms with Crippen molar-refractivity contribution in [1.29, 1.82) is 0 Å². The molecule has 3 aromatic carbocycles. The second kappa shape index (κ2) is 14.8. The number of hydrogen-bond acceptors (Lipinski definition) is 6. The zero-order valence-electron chi connectivity index (χ0n) is 24.8. The lowest BCUT2D eigenvalue weighted by atomic mass is 9.84. The molecule has 1 N–H and O–H groups in total. The molecule has 1 amide bonds. The van der Waals surface area contributed by atoms with Gasteiger partial charge in [0.2, 0.25) is 0 Å². The monoisotopic (exact) mass is 616 g/mol. The van der Waals surface area contributed by atoms with Crippen molar-refractivity contribution in [2.75, 3.05) is 32.7 Å². The van der Waals surface area contributed by atoms with E-state index in [2.05, 4.69) is 14.9 Å². The standard InChI is InChI=1S/C21H23ClFNO2.C14H15N3O/c22-18-7-5-17(6-8-18)21(26)11-14-24(15-12-21)13-1-2-20(25)16-3-9-19(23)10-4-16;18-14(17-8-2-1-3-9-17)11-4-5-12-13(10-11)16-7-6-15-12/h3-10,26H,1-2,11-15H2;4-7,10H,1-3,8-9H2. The first-order valence-corrected chi connectivity index (χ1v) is 15.7. The van der Waals surface area contributed by atoms with E-state index in [-0.39, 0.29) is 17.5 Å². The average Bonchev–Trinajstić information content (AvgIpc) is 3.06. The van der Waals surface area contributed by atoms with Gasteiger partial charge in [0.25, 0.3) is 5.91 Å². The van der Waals surface area contributed by atoms with E-state index in [1.54, 1.807) is 12.4 Å². The van der Waals surface area contributed by atoms with Crippen molar-refractivity contribution in [2.24, 2.45) is 0 Å². The van der Waals surface area contributed by atoms with Gasteiger partial charge >= 0.3 is 0 Å². The van der Waals surface area contributed by atoms with E-state index in [0.717, 1.165) is 68.6 Å². The molecule has 0 spiro atoms. The fourth-order valence-electron chi connectivity index (χ4n) is 5.81. The summed E-state index contributed by atoms with van der Waals surface area (Å²) >= 11 is 5.92. The van der Waals surface area contributed by atoms with Gasteiger partial charge in [-0.25, -0.2) is 4.39 Å². The zero-order chi connectivity index (χ0) is 30.9. The highest BCUT2D eigenvalue weighted by Crippen LogP contribution is 2.33. The number of aliphatic hydroxyl groups is 1. The molecule has 2 fully saturated rings. The Morgan fingerprint density at radius 3 is 2.14 bits per heavy atom. The molecule has 6 rings (SSSR count). The van der Waals surface area contributed by atoms with Crippen molar-refractivity contribution in [2.45, 2.75) is 50.5 Å². The number of benzene rings is 3. The number of hydrogen-bond donors (Lipinski definition) is 1. The van der Waals surface area contributed by atoms with Gasteiger partial charge < -0.3 is 14.9 Å². The molecule has 0 radical (unpaired) electrons. The predicted octanol–water partition coefficient (Wildman–Crippen LogP) is 6.68. The molecular weight excluding hydrogens is 579 g/mol. The number of carbonyl (C=O) groups excluding carboxylic acids is 2. The maximum atomic E-state index is 12.9. The van der Waals surface area contributed by atoms with Crippen molar-refractivity contribution >= 4 is 34.3 Å². The molecule has 3 heterocycles.